The number of anilines is 1. The first kappa shape index (κ1) is 11.9. The van der Waals surface area contributed by atoms with Crippen molar-refractivity contribution in [2.75, 3.05) is 25.1 Å². The lowest BCUT2D eigenvalue weighted by molar-refractivity contribution is 0.299. The summed E-state index contributed by atoms with van der Waals surface area (Å²) in [5.74, 6) is 0.479. The molecular weight excluding hydrogens is 242 g/mol. The minimum atomic E-state index is 0.0331. The van der Waals surface area contributed by atoms with Crippen LogP contribution in [0.1, 0.15) is 0 Å². The minimum Gasteiger partial charge on any atom is -0.395 e. The van der Waals surface area contributed by atoms with Gasteiger partial charge in [0.1, 0.15) is 0 Å². The second-order valence-corrected chi connectivity index (χ2v) is 3.99. The van der Waals surface area contributed by atoms with Gasteiger partial charge in [-0.05, 0) is 12.1 Å². The zero-order valence-electron chi connectivity index (χ0n) is 9.30. The predicted octanol–water partition coefficient (Wildman–Crippen LogP) is 1.82. The van der Waals surface area contributed by atoms with E-state index in [1.54, 1.807) is 24.1 Å². The van der Waals surface area contributed by atoms with E-state index in [0.717, 1.165) is 5.56 Å². The Morgan fingerprint density at radius 2 is 2.29 bits per heavy atom. The van der Waals surface area contributed by atoms with Crippen LogP contribution in [-0.4, -0.2) is 35.4 Å². The highest BCUT2D eigenvalue weighted by molar-refractivity contribution is 6.30. The molecule has 1 aromatic heterocycles. The van der Waals surface area contributed by atoms with E-state index in [1.165, 1.54) is 0 Å². The highest BCUT2D eigenvalue weighted by Crippen LogP contribution is 2.21. The molecule has 0 bridgehead atoms. The van der Waals surface area contributed by atoms with Gasteiger partial charge < -0.3 is 14.5 Å². The summed E-state index contributed by atoms with van der Waals surface area (Å²) in [6.45, 7) is 0.475. The topological polar surface area (TPSA) is 62.4 Å². The molecule has 0 saturated heterocycles. The van der Waals surface area contributed by atoms with Gasteiger partial charge in [0.25, 0.3) is 0 Å². The molecule has 2 aromatic rings. The van der Waals surface area contributed by atoms with Crippen LogP contribution in [-0.2, 0) is 0 Å². The largest absolute Gasteiger partial charge is 0.395 e. The molecule has 1 aromatic carbocycles. The highest BCUT2D eigenvalue weighted by Gasteiger charge is 2.11. The van der Waals surface area contributed by atoms with E-state index in [9.17, 15) is 0 Å². The normalized spacial score (nSPS) is 10.5. The van der Waals surface area contributed by atoms with Gasteiger partial charge in [0.2, 0.25) is 5.82 Å². The monoisotopic (exact) mass is 253 g/mol. The standard InChI is InChI=1S/C11H12ClN3O2/c1-15(5-6-16)11-13-10(14-17-11)8-3-2-4-9(12)7-8/h2-4,7,16H,5-6H2,1H3. The third-order valence-corrected chi connectivity index (χ3v) is 2.50. The lowest BCUT2D eigenvalue weighted by Gasteiger charge is -2.10. The maximum atomic E-state index is 8.81. The van der Waals surface area contributed by atoms with E-state index in [2.05, 4.69) is 10.1 Å². The van der Waals surface area contributed by atoms with Gasteiger partial charge in [-0.15, -0.1) is 0 Å². The molecule has 6 heteroatoms. The second-order valence-electron chi connectivity index (χ2n) is 3.56. The molecule has 1 N–H and O–H groups in total. The van der Waals surface area contributed by atoms with Crippen molar-refractivity contribution in [1.29, 1.82) is 0 Å². The average molecular weight is 254 g/mol. The van der Waals surface area contributed by atoms with Crippen LogP contribution in [0.15, 0.2) is 28.8 Å². The first-order valence-electron chi connectivity index (χ1n) is 5.12. The molecule has 90 valence electrons. The molecule has 0 aliphatic heterocycles. The first-order valence-corrected chi connectivity index (χ1v) is 5.50. The number of aliphatic hydroxyl groups excluding tert-OH is 1. The Kier molecular flexibility index (Phi) is 3.61. The number of rotatable bonds is 4. The Labute approximate surface area is 104 Å². The average Bonchev–Trinajstić information content (AvgIpc) is 2.78. The minimum absolute atomic E-state index is 0.0331. The smallest absolute Gasteiger partial charge is 0.324 e. The van der Waals surface area contributed by atoms with E-state index in [4.69, 9.17) is 21.2 Å². The summed E-state index contributed by atoms with van der Waals surface area (Å²) in [5.41, 5.74) is 0.796. The van der Waals surface area contributed by atoms with E-state index < -0.39 is 0 Å². The molecule has 0 radical (unpaired) electrons. The van der Waals surface area contributed by atoms with Gasteiger partial charge in [0, 0.05) is 24.2 Å². The van der Waals surface area contributed by atoms with Gasteiger partial charge in [0.05, 0.1) is 6.61 Å². The lowest BCUT2D eigenvalue weighted by Crippen LogP contribution is -2.21. The molecule has 1 heterocycles. The van der Waals surface area contributed by atoms with Crippen LogP contribution in [0.25, 0.3) is 11.4 Å². The fraction of sp³-hybridized carbons (Fsp3) is 0.273. The first-order chi connectivity index (χ1) is 8.20. The van der Waals surface area contributed by atoms with Crippen molar-refractivity contribution in [2.24, 2.45) is 0 Å². The van der Waals surface area contributed by atoms with Crippen molar-refractivity contribution in [1.82, 2.24) is 10.1 Å². The van der Waals surface area contributed by atoms with Crippen molar-refractivity contribution >= 4 is 17.6 Å². The molecule has 0 aliphatic carbocycles. The Balaban J connectivity index is 2.23. The van der Waals surface area contributed by atoms with Crippen LogP contribution < -0.4 is 4.90 Å². The zero-order chi connectivity index (χ0) is 12.3. The molecular formula is C11H12ClN3O2. The molecule has 0 unspecified atom stereocenters. The van der Waals surface area contributed by atoms with E-state index in [1.807, 2.05) is 12.1 Å². The summed E-state index contributed by atoms with van der Waals surface area (Å²) >= 11 is 5.88. The molecule has 0 aliphatic rings. The molecule has 5 nitrogen and oxygen atoms in total. The number of hydrogen-bond donors (Lipinski definition) is 1. The van der Waals surface area contributed by atoms with Crippen molar-refractivity contribution < 1.29 is 9.63 Å². The van der Waals surface area contributed by atoms with Crippen LogP contribution in [0.4, 0.5) is 6.01 Å². The maximum Gasteiger partial charge on any atom is 0.324 e. The molecule has 0 spiro atoms. The van der Waals surface area contributed by atoms with Crippen LogP contribution in [0.2, 0.25) is 5.02 Å². The molecule has 0 atom stereocenters. The van der Waals surface area contributed by atoms with E-state index >= 15 is 0 Å². The third-order valence-electron chi connectivity index (χ3n) is 2.26. The number of hydrogen-bond acceptors (Lipinski definition) is 5. The number of likely N-dealkylation sites (N-methyl/N-ethyl adjacent to an activating group) is 1. The maximum absolute atomic E-state index is 8.81. The number of halogens is 1. The van der Waals surface area contributed by atoms with Crippen molar-refractivity contribution in [3.05, 3.63) is 29.3 Å². The summed E-state index contributed by atoms with van der Waals surface area (Å²) in [6.07, 6.45) is 0. The predicted molar refractivity (Wildman–Crippen MR) is 65.1 cm³/mol. The van der Waals surface area contributed by atoms with Gasteiger partial charge in [0.15, 0.2) is 0 Å². The number of nitrogens with zero attached hydrogens (tertiary/aromatic N) is 3. The van der Waals surface area contributed by atoms with Gasteiger partial charge in [-0.1, -0.05) is 28.9 Å². The SMILES string of the molecule is CN(CCO)c1nc(-c2cccc(Cl)c2)no1. The quantitative estimate of drug-likeness (QED) is 0.901. The van der Waals surface area contributed by atoms with Gasteiger partial charge in [-0.25, -0.2) is 0 Å². The van der Waals surface area contributed by atoms with Crippen LogP contribution in [0.5, 0.6) is 0 Å². The summed E-state index contributed by atoms with van der Waals surface area (Å²) in [7, 11) is 1.77. The molecule has 0 saturated carbocycles. The second kappa shape index (κ2) is 5.16. The Hall–Kier alpha value is -1.59. The summed E-state index contributed by atoms with van der Waals surface area (Å²) < 4.78 is 5.08. The van der Waals surface area contributed by atoms with Crippen LogP contribution >= 0.6 is 11.6 Å². The van der Waals surface area contributed by atoms with Crippen LogP contribution in [0, 0.1) is 0 Å². The van der Waals surface area contributed by atoms with Crippen molar-refractivity contribution in [3.63, 3.8) is 0 Å². The number of aromatic nitrogens is 2. The molecule has 2 rings (SSSR count). The van der Waals surface area contributed by atoms with Gasteiger partial charge >= 0.3 is 6.01 Å². The van der Waals surface area contributed by atoms with E-state index in [0.29, 0.717) is 23.4 Å². The summed E-state index contributed by atoms with van der Waals surface area (Å²) in [6, 6.07) is 7.60. The summed E-state index contributed by atoms with van der Waals surface area (Å²) in [5, 5.41) is 13.3. The fourth-order valence-electron chi connectivity index (χ4n) is 1.36. The fourth-order valence-corrected chi connectivity index (χ4v) is 1.55. The van der Waals surface area contributed by atoms with Gasteiger partial charge in [-0.2, -0.15) is 4.98 Å². The number of aliphatic hydroxyl groups is 1. The van der Waals surface area contributed by atoms with E-state index in [-0.39, 0.29) is 6.61 Å². The molecule has 0 fully saturated rings. The van der Waals surface area contributed by atoms with Crippen LogP contribution in [0.3, 0.4) is 0 Å². The van der Waals surface area contributed by atoms with Crippen molar-refractivity contribution in [2.45, 2.75) is 0 Å². The van der Waals surface area contributed by atoms with Crippen molar-refractivity contribution in [3.8, 4) is 11.4 Å². The Morgan fingerprint density at radius 3 is 3.00 bits per heavy atom. The zero-order valence-corrected chi connectivity index (χ0v) is 10.1. The lowest BCUT2D eigenvalue weighted by atomic mass is 10.2. The molecule has 0 amide bonds. The Morgan fingerprint density at radius 1 is 1.47 bits per heavy atom. The number of benzene rings is 1. The van der Waals surface area contributed by atoms with Gasteiger partial charge in [-0.3, -0.25) is 0 Å². The highest BCUT2D eigenvalue weighted by atomic mass is 35.5. The Bertz CT molecular complexity index is 501. The summed E-state index contributed by atoms with van der Waals surface area (Å²) in [4.78, 5) is 5.90. The third kappa shape index (κ3) is 2.75. The molecule has 17 heavy (non-hydrogen) atoms.